The van der Waals surface area contributed by atoms with E-state index >= 15 is 0 Å². The summed E-state index contributed by atoms with van der Waals surface area (Å²) in [6.45, 7) is 3.66. The Kier molecular flexibility index (Phi) is 5.85. The molecule has 1 fully saturated rings. The number of carbonyl (C=O) groups is 2. The maximum Gasteiger partial charge on any atom is 0.254 e. The molecule has 0 spiro atoms. The number of allylic oxidation sites excluding steroid dienone is 1. The van der Waals surface area contributed by atoms with Gasteiger partial charge in [0.1, 0.15) is 0 Å². The van der Waals surface area contributed by atoms with Crippen LogP contribution in [0.3, 0.4) is 0 Å². The first-order chi connectivity index (χ1) is 14.7. The minimum absolute atomic E-state index is 0.119. The second kappa shape index (κ2) is 8.29. The Morgan fingerprint density at radius 3 is 2.71 bits per heavy atom. The summed E-state index contributed by atoms with van der Waals surface area (Å²) in [7, 11) is -3.78. The van der Waals surface area contributed by atoms with Crippen LogP contribution in [0.1, 0.15) is 37.4 Å². The van der Waals surface area contributed by atoms with Gasteiger partial charge in [-0.1, -0.05) is 47.2 Å². The van der Waals surface area contributed by atoms with Gasteiger partial charge in [-0.15, -0.1) is 0 Å². The lowest BCUT2D eigenvalue weighted by atomic mass is 9.66. The van der Waals surface area contributed by atoms with Gasteiger partial charge < -0.3 is 5.32 Å². The van der Waals surface area contributed by atoms with Gasteiger partial charge in [0.15, 0.2) is 15.1 Å². The lowest BCUT2D eigenvalue weighted by molar-refractivity contribution is -0.116. The molecular weight excluding hydrogens is 434 g/mol. The summed E-state index contributed by atoms with van der Waals surface area (Å²) in [4.78, 5) is 27.7. The predicted octanol–water partition coefficient (Wildman–Crippen LogP) is 3.32. The van der Waals surface area contributed by atoms with Crippen molar-refractivity contribution in [2.75, 3.05) is 18.4 Å². The Balaban J connectivity index is 1.68. The summed E-state index contributed by atoms with van der Waals surface area (Å²) in [5.41, 5.74) is 2.17. The maximum atomic E-state index is 13.5. The van der Waals surface area contributed by atoms with E-state index in [1.807, 2.05) is 30.3 Å². The van der Waals surface area contributed by atoms with Crippen LogP contribution in [-0.4, -0.2) is 42.5 Å². The van der Waals surface area contributed by atoms with E-state index in [2.05, 4.69) is 10.3 Å². The van der Waals surface area contributed by atoms with Crippen LogP contribution in [0.4, 0.5) is 5.13 Å². The van der Waals surface area contributed by atoms with Gasteiger partial charge in [-0.25, -0.2) is 13.4 Å². The first-order valence-electron chi connectivity index (χ1n) is 10.2. The van der Waals surface area contributed by atoms with Crippen LogP contribution < -0.4 is 5.32 Å². The van der Waals surface area contributed by atoms with Crippen LogP contribution in [-0.2, 0) is 26.0 Å². The van der Waals surface area contributed by atoms with Crippen molar-refractivity contribution in [1.82, 2.24) is 9.29 Å². The van der Waals surface area contributed by atoms with E-state index in [0.29, 0.717) is 44.5 Å². The average Bonchev–Trinajstić information content (AvgIpc) is 3.09. The maximum absolute atomic E-state index is 13.5. The third-order valence-corrected chi connectivity index (χ3v) is 9.48. The largest absolute Gasteiger partial charge is 0.302 e. The molecular formula is C22H25N3O4S2. The summed E-state index contributed by atoms with van der Waals surface area (Å²) in [6.07, 6.45) is 4.03. The number of aromatic nitrogens is 1. The van der Waals surface area contributed by atoms with Crippen molar-refractivity contribution in [2.24, 2.45) is 5.41 Å². The number of amides is 1. The third-order valence-electron chi connectivity index (χ3n) is 5.97. The van der Waals surface area contributed by atoms with Crippen LogP contribution >= 0.6 is 11.3 Å². The summed E-state index contributed by atoms with van der Waals surface area (Å²) in [6, 6.07) is 10.0. The van der Waals surface area contributed by atoms with Gasteiger partial charge in [0.05, 0.1) is 5.69 Å². The number of thiazole rings is 1. The second-order valence-corrected chi connectivity index (χ2v) is 11.4. The highest BCUT2D eigenvalue weighted by atomic mass is 32.2. The molecule has 9 heteroatoms. The highest BCUT2D eigenvalue weighted by molar-refractivity contribution is 7.91. The number of nitrogens with zero attached hydrogens (tertiary/aromatic N) is 2. The molecule has 2 heterocycles. The lowest BCUT2D eigenvalue weighted by Crippen LogP contribution is -2.49. The van der Waals surface area contributed by atoms with E-state index in [1.54, 1.807) is 13.0 Å². The summed E-state index contributed by atoms with van der Waals surface area (Å²) >= 11 is 0.980. The van der Waals surface area contributed by atoms with Crippen LogP contribution in [0, 0.1) is 12.3 Å². The molecule has 1 aliphatic carbocycles. The monoisotopic (exact) mass is 459 g/mol. The minimum atomic E-state index is -3.78. The first kappa shape index (κ1) is 21.9. The van der Waals surface area contributed by atoms with Gasteiger partial charge in [0.25, 0.3) is 10.0 Å². The number of anilines is 1. The van der Waals surface area contributed by atoms with Gasteiger partial charge >= 0.3 is 0 Å². The molecule has 1 saturated heterocycles. The Morgan fingerprint density at radius 2 is 2.00 bits per heavy atom. The van der Waals surface area contributed by atoms with Gasteiger partial charge in [0, 0.05) is 31.8 Å². The van der Waals surface area contributed by atoms with Crippen molar-refractivity contribution < 1.29 is 18.0 Å². The number of hydrogen-bond acceptors (Lipinski definition) is 6. The Hall–Kier alpha value is -2.36. The van der Waals surface area contributed by atoms with Crippen LogP contribution in [0.15, 0.2) is 46.2 Å². The Labute approximate surface area is 186 Å². The molecule has 0 radical (unpaired) electrons. The molecule has 1 aromatic heterocycles. The van der Waals surface area contributed by atoms with E-state index in [9.17, 15) is 18.0 Å². The van der Waals surface area contributed by atoms with Crippen molar-refractivity contribution >= 4 is 38.2 Å². The fraction of sp³-hybridized carbons (Fsp3) is 0.409. The average molecular weight is 460 g/mol. The van der Waals surface area contributed by atoms with Crippen molar-refractivity contribution in [3.63, 3.8) is 0 Å². The smallest absolute Gasteiger partial charge is 0.254 e. The predicted molar refractivity (Wildman–Crippen MR) is 119 cm³/mol. The van der Waals surface area contributed by atoms with E-state index in [4.69, 9.17) is 0 Å². The molecule has 1 N–H and O–H groups in total. The molecule has 164 valence electrons. The number of nitrogens with one attached hydrogen (secondary N) is 1. The summed E-state index contributed by atoms with van der Waals surface area (Å²) < 4.78 is 28.8. The Bertz CT molecular complexity index is 1150. The van der Waals surface area contributed by atoms with Crippen molar-refractivity contribution in [1.29, 1.82) is 0 Å². The molecule has 2 aromatic rings. The highest BCUT2D eigenvalue weighted by Crippen LogP contribution is 2.46. The van der Waals surface area contributed by atoms with Crippen LogP contribution in [0.2, 0.25) is 0 Å². The molecule has 0 saturated carbocycles. The van der Waals surface area contributed by atoms with Gasteiger partial charge in [-0.2, -0.15) is 4.31 Å². The fourth-order valence-corrected chi connectivity index (χ4v) is 7.64. The molecule has 1 unspecified atom stereocenters. The van der Waals surface area contributed by atoms with Crippen molar-refractivity contribution in [3.8, 4) is 0 Å². The molecule has 1 amide bonds. The number of sulfonamides is 1. The number of piperidine rings is 1. The number of ketones is 1. The molecule has 7 nitrogen and oxygen atoms in total. The topological polar surface area (TPSA) is 96.4 Å². The van der Waals surface area contributed by atoms with Gasteiger partial charge in [-0.3, -0.25) is 9.59 Å². The summed E-state index contributed by atoms with van der Waals surface area (Å²) in [5.74, 6) is -0.174. The summed E-state index contributed by atoms with van der Waals surface area (Å²) in [5, 5.41) is 2.85. The first-order valence-corrected chi connectivity index (χ1v) is 12.5. The van der Waals surface area contributed by atoms with Crippen LogP contribution in [0.25, 0.3) is 0 Å². The van der Waals surface area contributed by atoms with E-state index in [-0.39, 0.29) is 26.4 Å². The minimum Gasteiger partial charge on any atom is -0.302 e. The molecule has 2 aliphatic rings. The van der Waals surface area contributed by atoms with Crippen molar-refractivity contribution in [3.05, 3.63) is 53.2 Å². The quantitative estimate of drug-likeness (QED) is 0.740. The fourth-order valence-electron chi connectivity index (χ4n) is 4.51. The number of fused-ring (bicyclic) bond motifs is 1. The molecule has 1 aromatic carbocycles. The standard InChI is InChI=1S/C22H25N3O4S2/c1-15-20(30-21(23-15)24-16(2)26)31(28,29)25-11-9-18-12-19(27)8-10-22(18,14-25)13-17-6-4-3-5-7-17/h3-7,12H,8-11,13-14H2,1-2H3,(H,23,24,26). The third kappa shape index (κ3) is 4.35. The Morgan fingerprint density at radius 1 is 1.26 bits per heavy atom. The lowest BCUT2D eigenvalue weighted by Gasteiger charge is -2.46. The molecule has 1 aliphatic heterocycles. The highest BCUT2D eigenvalue weighted by Gasteiger charge is 2.45. The van der Waals surface area contributed by atoms with Crippen LogP contribution in [0.5, 0.6) is 0 Å². The number of carbonyl (C=O) groups excluding carboxylic acids is 2. The number of hydrogen-bond donors (Lipinski definition) is 1. The van der Waals surface area contributed by atoms with E-state index in [1.165, 1.54) is 11.2 Å². The number of benzene rings is 1. The molecule has 4 rings (SSSR count). The van der Waals surface area contributed by atoms with Crippen molar-refractivity contribution in [2.45, 2.75) is 43.7 Å². The molecule has 1 atom stereocenters. The number of rotatable bonds is 5. The zero-order chi connectivity index (χ0) is 22.2. The SMILES string of the molecule is CC(=O)Nc1nc(C)c(S(=O)(=O)N2CCC3=CC(=O)CCC3(Cc3ccccc3)C2)s1. The normalized spacial score (nSPS) is 22.0. The zero-order valence-electron chi connectivity index (χ0n) is 17.6. The second-order valence-electron chi connectivity index (χ2n) is 8.24. The molecule has 0 bridgehead atoms. The zero-order valence-corrected chi connectivity index (χ0v) is 19.2. The van der Waals surface area contributed by atoms with E-state index in [0.717, 1.165) is 22.5 Å². The molecule has 31 heavy (non-hydrogen) atoms. The van der Waals surface area contributed by atoms with Gasteiger partial charge in [0.2, 0.25) is 5.91 Å². The van der Waals surface area contributed by atoms with Gasteiger partial charge in [-0.05, 0) is 37.8 Å². The van der Waals surface area contributed by atoms with E-state index < -0.39 is 10.0 Å². The number of aryl methyl sites for hydroxylation is 1.